The van der Waals surface area contributed by atoms with E-state index in [1.807, 2.05) is 0 Å². The van der Waals surface area contributed by atoms with Gasteiger partial charge in [0.25, 0.3) is 0 Å². The van der Waals surface area contributed by atoms with Crippen LogP contribution in [0.25, 0.3) is 11.0 Å². The number of methoxy groups -OCH3 is 2. The molecule has 0 fully saturated rings. The maximum absolute atomic E-state index is 12.5. The molecule has 10 heteroatoms. The first kappa shape index (κ1) is 18.0. The van der Waals surface area contributed by atoms with Crippen molar-refractivity contribution in [2.24, 2.45) is 0 Å². The van der Waals surface area contributed by atoms with Crippen LogP contribution in [0.4, 0.5) is 5.69 Å². The number of anilines is 1. The number of halogens is 2. The van der Waals surface area contributed by atoms with E-state index in [1.54, 1.807) is 12.2 Å². The normalized spacial score (nSPS) is 13.9. The third kappa shape index (κ3) is 2.93. The molecule has 1 aromatic carbocycles. The van der Waals surface area contributed by atoms with E-state index in [2.05, 4.69) is 10.3 Å². The van der Waals surface area contributed by atoms with E-state index in [0.29, 0.717) is 0 Å². The predicted octanol–water partition coefficient (Wildman–Crippen LogP) is 3.02. The van der Waals surface area contributed by atoms with Crippen molar-refractivity contribution >= 4 is 51.9 Å². The van der Waals surface area contributed by atoms with Gasteiger partial charge < -0.3 is 14.4 Å². The Labute approximate surface area is 157 Å². The highest BCUT2D eigenvalue weighted by molar-refractivity contribution is 6.40. The summed E-state index contributed by atoms with van der Waals surface area (Å²) >= 11 is 12.4. The van der Waals surface area contributed by atoms with E-state index < -0.39 is 11.9 Å². The van der Waals surface area contributed by atoms with Gasteiger partial charge in [0.15, 0.2) is 11.0 Å². The summed E-state index contributed by atoms with van der Waals surface area (Å²) in [6, 6.07) is 1.43. The molecule has 0 saturated carbocycles. The second-order valence-electron chi connectivity index (χ2n) is 4.97. The number of hydrogen-bond acceptors (Lipinski definition) is 8. The summed E-state index contributed by atoms with van der Waals surface area (Å²) in [4.78, 5) is 26.0. The van der Waals surface area contributed by atoms with E-state index in [-0.39, 0.29) is 38.0 Å². The van der Waals surface area contributed by atoms with Gasteiger partial charge in [0.1, 0.15) is 5.70 Å². The molecule has 134 valence electrons. The quantitative estimate of drug-likeness (QED) is 0.731. The predicted molar refractivity (Wildman–Crippen MR) is 93.6 cm³/mol. The van der Waals surface area contributed by atoms with Crippen LogP contribution < -0.4 is 4.90 Å². The van der Waals surface area contributed by atoms with Crippen LogP contribution >= 0.6 is 23.2 Å². The number of benzene rings is 1. The number of ether oxygens (including phenoxy) is 2. The fourth-order valence-electron chi connectivity index (χ4n) is 2.43. The molecule has 1 aliphatic heterocycles. The van der Waals surface area contributed by atoms with Gasteiger partial charge in [-0.25, -0.2) is 14.2 Å². The molecule has 0 atom stereocenters. The lowest BCUT2D eigenvalue weighted by Crippen LogP contribution is -2.27. The Hall–Kier alpha value is -2.84. The molecule has 1 aromatic heterocycles. The third-order valence-corrected chi connectivity index (χ3v) is 4.13. The van der Waals surface area contributed by atoms with Crippen molar-refractivity contribution in [2.75, 3.05) is 19.1 Å². The van der Waals surface area contributed by atoms with Crippen LogP contribution in [0.5, 0.6) is 0 Å². The van der Waals surface area contributed by atoms with Gasteiger partial charge in [0.2, 0.25) is 0 Å². The molecule has 0 bridgehead atoms. The molecular formula is C16H11Cl2N3O5. The Balaban J connectivity index is 2.34. The number of fused-ring (bicyclic) bond motifs is 1. The molecule has 2 heterocycles. The SMILES string of the molecule is COC(=O)C1=C(C(=O)OC)N(c2c(Cl)cc(Cl)c3nonc23)C=CC=C1. The number of carbonyl (C=O) groups excluding carboxylic acids is 2. The van der Waals surface area contributed by atoms with E-state index in [9.17, 15) is 9.59 Å². The minimum Gasteiger partial charge on any atom is -0.465 e. The molecule has 0 N–H and O–H groups in total. The molecule has 1 aliphatic rings. The lowest BCUT2D eigenvalue weighted by atomic mass is 10.1. The minimum atomic E-state index is -0.780. The molecule has 0 aliphatic carbocycles. The van der Waals surface area contributed by atoms with Crippen molar-refractivity contribution in [3.8, 4) is 0 Å². The summed E-state index contributed by atoms with van der Waals surface area (Å²) in [6.07, 6.45) is 6.11. The second-order valence-corrected chi connectivity index (χ2v) is 5.78. The highest BCUT2D eigenvalue weighted by atomic mass is 35.5. The average molecular weight is 396 g/mol. The Bertz CT molecular complexity index is 993. The maximum Gasteiger partial charge on any atom is 0.355 e. The highest BCUT2D eigenvalue weighted by Gasteiger charge is 2.31. The zero-order valence-corrected chi connectivity index (χ0v) is 15.0. The second kappa shape index (κ2) is 7.19. The van der Waals surface area contributed by atoms with Gasteiger partial charge in [0.05, 0.1) is 35.5 Å². The lowest BCUT2D eigenvalue weighted by molar-refractivity contribution is -0.139. The summed E-state index contributed by atoms with van der Waals surface area (Å²) in [7, 11) is 2.40. The zero-order chi connectivity index (χ0) is 18.8. The van der Waals surface area contributed by atoms with Crippen molar-refractivity contribution < 1.29 is 23.7 Å². The monoisotopic (exact) mass is 395 g/mol. The lowest BCUT2D eigenvalue weighted by Gasteiger charge is -2.24. The highest BCUT2D eigenvalue weighted by Crippen LogP contribution is 2.40. The first-order valence-electron chi connectivity index (χ1n) is 7.14. The average Bonchev–Trinajstić information content (AvgIpc) is 3.01. The van der Waals surface area contributed by atoms with Gasteiger partial charge in [-0.15, -0.1) is 0 Å². The number of esters is 2. The van der Waals surface area contributed by atoms with Crippen LogP contribution in [-0.2, 0) is 19.1 Å². The van der Waals surface area contributed by atoms with Crippen LogP contribution in [0.3, 0.4) is 0 Å². The standard InChI is InChI=1S/C16H11Cl2N3O5/c1-24-15(22)8-5-3-4-6-21(13(8)16(23)25-2)14-10(18)7-9(17)11-12(14)20-26-19-11/h3-7H,1-2H3. The van der Waals surface area contributed by atoms with E-state index >= 15 is 0 Å². The number of allylic oxidation sites excluding steroid dienone is 2. The molecule has 0 saturated heterocycles. The zero-order valence-electron chi connectivity index (χ0n) is 13.5. The first-order valence-corrected chi connectivity index (χ1v) is 7.90. The van der Waals surface area contributed by atoms with E-state index in [0.717, 1.165) is 0 Å². The number of hydrogen-bond donors (Lipinski definition) is 0. The molecule has 0 spiro atoms. The Morgan fingerprint density at radius 2 is 1.73 bits per heavy atom. The van der Waals surface area contributed by atoms with Gasteiger partial charge in [-0.1, -0.05) is 29.3 Å². The number of nitrogens with zero attached hydrogens (tertiary/aromatic N) is 3. The topological polar surface area (TPSA) is 94.8 Å². The smallest absolute Gasteiger partial charge is 0.355 e. The largest absolute Gasteiger partial charge is 0.465 e. The van der Waals surface area contributed by atoms with Crippen LogP contribution in [0, 0.1) is 0 Å². The van der Waals surface area contributed by atoms with Crippen molar-refractivity contribution in [2.45, 2.75) is 0 Å². The van der Waals surface area contributed by atoms with Crippen LogP contribution in [-0.4, -0.2) is 36.5 Å². The molecule has 26 heavy (non-hydrogen) atoms. The molecule has 0 unspecified atom stereocenters. The molecule has 2 aromatic rings. The number of carbonyl (C=O) groups is 2. The Kier molecular flexibility index (Phi) is 4.97. The number of rotatable bonds is 3. The van der Waals surface area contributed by atoms with E-state index in [4.69, 9.17) is 37.3 Å². The van der Waals surface area contributed by atoms with Crippen LogP contribution in [0.1, 0.15) is 0 Å². The van der Waals surface area contributed by atoms with Gasteiger partial charge in [-0.3, -0.25) is 0 Å². The van der Waals surface area contributed by atoms with Crippen molar-refractivity contribution in [3.63, 3.8) is 0 Å². The van der Waals surface area contributed by atoms with Crippen LogP contribution in [0.15, 0.2) is 46.4 Å². The summed E-state index contributed by atoms with van der Waals surface area (Å²) < 4.78 is 14.3. The minimum absolute atomic E-state index is 0.0278. The fourth-order valence-corrected chi connectivity index (χ4v) is 3.01. The fraction of sp³-hybridized carbons (Fsp3) is 0.125. The summed E-state index contributed by atoms with van der Waals surface area (Å²) in [5, 5.41) is 7.93. The van der Waals surface area contributed by atoms with Crippen LogP contribution in [0.2, 0.25) is 10.0 Å². The van der Waals surface area contributed by atoms with Gasteiger partial charge in [-0.05, 0) is 28.5 Å². The molecule has 0 amide bonds. The summed E-state index contributed by atoms with van der Waals surface area (Å²) in [6.45, 7) is 0. The Morgan fingerprint density at radius 1 is 1.04 bits per heavy atom. The third-order valence-electron chi connectivity index (χ3n) is 3.55. The van der Waals surface area contributed by atoms with Gasteiger partial charge in [0, 0.05) is 6.20 Å². The van der Waals surface area contributed by atoms with Gasteiger partial charge in [-0.2, -0.15) is 0 Å². The Morgan fingerprint density at radius 3 is 2.42 bits per heavy atom. The van der Waals surface area contributed by atoms with Crippen molar-refractivity contribution in [1.29, 1.82) is 0 Å². The van der Waals surface area contributed by atoms with Gasteiger partial charge >= 0.3 is 11.9 Å². The summed E-state index contributed by atoms with van der Waals surface area (Å²) in [5.74, 6) is -1.51. The first-order chi connectivity index (χ1) is 12.5. The number of aromatic nitrogens is 2. The molecule has 0 radical (unpaired) electrons. The van der Waals surface area contributed by atoms with Crippen molar-refractivity contribution in [1.82, 2.24) is 10.3 Å². The molecule has 8 nitrogen and oxygen atoms in total. The van der Waals surface area contributed by atoms with Crippen molar-refractivity contribution in [3.05, 3.63) is 51.8 Å². The van der Waals surface area contributed by atoms with E-state index in [1.165, 1.54) is 37.5 Å². The summed E-state index contributed by atoms with van der Waals surface area (Å²) in [5.41, 5.74) is 0.562. The maximum atomic E-state index is 12.5. The molecular weight excluding hydrogens is 385 g/mol. The molecule has 3 rings (SSSR count).